The molecule has 1 aromatic rings. The third-order valence-corrected chi connectivity index (χ3v) is 6.01. The van der Waals surface area contributed by atoms with E-state index < -0.39 is 11.4 Å². The first-order chi connectivity index (χ1) is 11.4. The van der Waals surface area contributed by atoms with Crippen molar-refractivity contribution in [1.82, 2.24) is 20.0 Å². The molecule has 1 aliphatic carbocycles. The van der Waals surface area contributed by atoms with Gasteiger partial charge in [-0.25, -0.2) is 0 Å². The number of aromatic amines is 1. The minimum atomic E-state index is -0.809. The van der Waals surface area contributed by atoms with Gasteiger partial charge in [0.2, 0.25) is 5.91 Å². The first-order valence-corrected chi connectivity index (χ1v) is 8.65. The summed E-state index contributed by atoms with van der Waals surface area (Å²) in [5.74, 6) is -0.424. The molecule has 0 radical (unpaired) electrons. The first kappa shape index (κ1) is 15.6. The Morgan fingerprint density at radius 1 is 1.29 bits per heavy atom. The molecule has 4 rings (SSSR count). The zero-order valence-corrected chi connectivity index (χ0v) is 14.2. The van der Waals surface area contributed by atoms with Gasteiger partial charge >= 0.3 is 5.97 Å². The van der Waals surface area contributed by atoms with E-state index in [0.717, 1.165) is 42.9 Å². The van der Waals surface area contributed by atoms with Crippen LogP contribution in [-0.4, -0.2) is 63.2 Å². The number of hydrogen-bond acceptors (Lipinski definition) is 4. The monoisotopic (exact) mass is 332 g/mol. The highest BCUT2D eigenvalue weighted by Crippen LogP contribution is 2.45. The lowest BCUT2D eigenvalue weighted by atomic mass is 9.81. The second-order valence-corrected chi connectivity index (χ2v) is 7.73. The molecule has 130 valence electrons. The number of rotatable bonds is 4. The van der Waals surface area contributed by atoms with Crippen molar-refractivity contribution in [2.24, 2.45) is 17.3 Å². The number of likely N-dealkylation sites (tertiary alicyclic amines) is 2. The molecule has 2 aliphatic heterocycles. The van der Waals surface area contributed by atoms with Crippen LogP contribution < -0.4 is 0 Å². The normalized spacial score (nSPS) is 29.9. The van der Waals surface area contributed by atoms with Gasteiger partial charge in [0.15, 0.2) is 0 Å². The molecule has 2 atom stereocenters. The van der Waals surface area contributed by atoms with Crippen molar-refractivity contribution in [1.29, 1.82) is 0 Å². The molecule has 7 heteroatoms. The Morgan fingerprint density at radius 3 is 2.58 bits per heavy atom. The van der Waals surface area contributed by atoms with E-state index in [1.54, 1.807) is 0 Å². The molecule has 3 heterocycles. The van der Waals surface area contributed by atoms with Gasteiger partial charge in [-0.05, 0) is 26.7 Å². The van der Waals surface area contributed by atoms with Crippen molar-refractivity contribution >= 4 is 11.9 Å². The maximum atomic E-state index is 12.3. The Labute approximate surface area is 141 Å². The largest absolute Gasteiger partial charge is 0.481 e. The highest BCUT2D eigenvalue weighted by molar-refractivity contribution is 5.84. The topological polar surface area (TPSA) is 89.5 Å². The lowest BCUT2D eigenvalue weighted by molar-refractivity contribution is -0.149. The number of aliphatic carboxylic acids is 1. The molecule has 0 spiro atoms. The molecule has 2 saturated heterocycles. The third kappa shape index (κ3) is 2.33. The van der Waals surface area contributed by atoms with E-state index in [0.29, 0.717) is 19.6 Å². The highest BCUT2D eigenvalue weighted by atomic mass is 16.4. The predicted octanol–water partition coefficient (Wildman–Crippen LogP) is 0.782. The summed E-state index contributed by atoms with van der Waals surface area (Å²) >= 11 is 0. The van der Waals surface area contributed by atoms with Crippen LogP contribution in [0.5, 0.6) is 0 Å². The molecule has 0 unspecified atom stereocenters. The van der Waals surface area contributed by atoms with Crippen molar-refractivity contribution < 1.29 is 14.7 Å². The van der Waals surface area contributed by atoms with Crippen LogP contribution in [-0.2, 0) is 16.1 Å². The van der Waals surface area contributed by atoms with E-state index in [-0.39, 0.29) is 17.7 Å². The van der Waals surface area contributed by atoms with Gasteiger partial charge in [-0.2, -0.15) is 5.10 Å². The van der Waals surface area contributed by atoms with Gasteiger partial charge in [0, 0.05) is 55.8 Å². The van der Waals surface area contributed by atoms with E-state index in [4.69, 9.17) is 0 Å². The third-order valence-electron chi connectivity index (χ3n) is 6.01. The number of aromatic nitrogens is 2. The molecule has 1 aromatic heterocycles. The maximum absolute atomic E-state index is 12.3. The van der Waals surface area contributed by atoms with Crippen molar-refractivity contribution in [2.45, 2.75) is 33.2 Å². The number of carbonyl (C=O) groups excluding carboxylic acids is 1. The van der Waals surface area contributed by atoms with Gasteiger partial charge in [0.25, 0.3) is 0 Å². The van der Waals surface area contributed by atoms with Crippen LogP contribution in [0.15, 0.2) is 0 Å². The summed E-state index contributed by atoms with van der Waals surface area (Å²) in [6, 6.07) is 0. The molecule has 24 heavy (non-hydrogen) atoms. The van der Waals surface area contributed by atoms with E-state index in [1.807, 2.05) is 18.7 Å². The molecule has 7 nitrogen and oxygen atoms in total. The van der Waals surface area contributed by atoms with Crippen LogP contribution in [0.4, 0.5) is 0 Å². The van der Waals surface area contributed by atoms with Crippen molar-refractivity contribution in [3.63, 3.8) is 0 Å². The Bertz CT molecular complexity index is 677. The Hall–Kier alpha value is -1.89. The fourth-order valence-electron chi connectivity index (χ4n) is 4.38. The van der Waals surface area contributed by atoms with Gasteiger partial charge in [0.05, 0.1) is 5.69 Å². The summed E-state index contributed by atoms with van der Waals surface area (Å²) < 4.78 is 0. The van der Waals surface area contributed by atoms with Crippen LogP contribution in [0.2, 0.25) is 0 Å². The smallest absolute Gasteiger partial charge is 0.313 e. The molecular weight excluding hydrogens is 308 g/mol. The molecule has 1 amide bonds. The average Bonchev–Trinajstić information content (AvgIpc) is 3.14. The summed E-state index contributed by atoms with van der Waals surface area (Å²) in [5.41, 5.74) is 2.36. The van der Waals surface area contributed by atoms with Gasteiger partial charge in [-0.15, -0.1) is 0 Å². The molecule has 0 aromatic carbocycles. The summed E-state index contributed by atoms with van der Waals surface area (Å²) in [5, 5.41) is 17.1. The zero-order chi connectivity index (χ0) is 17.1. The van der Waals surface area contributed by atoms with Crippen molar-refractivity contribution in [3.05, 3.63) is 17.0 Å². The van der Waals surface area contributed by atoms with Crippen LogP contribution in [0.3, 0.4) is 0 Å². The van der Waals surface area contributed by atoms with Gasteiger partial charge in [-0.1, -0.05) is 0 Å². The van der Waals surface area contributed by atoms with Crippen LogP contribution in [0, 0.1) is 31.1 Å². The molecular formula is C17H24N4O3. The Kier molecular flexibility index (Phi) is 3.46. The maximum Gasteiger partial charge on any atom is 0.313 e. The number of nitrogens with zero attached hydrogens (tertiary/aromatic N) is 3. The fourth-order valence-corrected chi connectivity index (χ4v) is 4.38. The average molecular weight is 332 g/mol. The minimum absolute atomic E-state index is 0.0187. The second-order valence-electron chi connectivity index (χ2n) is 7.73. The number of amides is 1. The van der Waals surface area contributed by atoms with E-state index >= 15 is 0 Å². The number of nitrogens with one attached hydrogen (secondary N) is 1. The van der Waals surface area contributed by atoms with Gasteiger partial charge in [-0.3, -0.25) is 19.6 Å². The number of carboxylic acids is 1. The Morgan fingerprint density at radius 2 is 2.04 bits per heavy atom. The SMILES string of the molecule is Cc1n[nH]c(C)c1CN1C[C@H]2CN(C(=O)C3CC3)C[C@@]2(C(=O)O)C1. The van der Waals surface area contributed by atoms with Crippen LogP contribution in [0.1, 0.15) is 29.8 Å². The molecule has 3 fully saturated rings. The van der Waals surface area contributed by atoms with E-state index in [2.05, 4.69) is 15.1 Å². The van der Waals surface area contributed by atoms with Crippen molar-refractivity contribution in [3.8, 4) is 0 Å². The minimum Gasteiger partial charge on any atom is -0.481 e. The number of hydrogen-bond donors (Lipinski definition) is 2. The summed E-state index contributed by atoms with van der Waals surface area (Å²) in [4.78, 5) is 28.4. The van der Waals surface area contributed by atoms with Crippen LogP contribution >= 0.6 is 0 Å². The zero-order valence-electron chi connectivity index (χ0n) is 14.2. The lowest BCUT2D eigenvalue weighted by Gasteiger charge is -2.25. The molecule has 3 aliphatic rings. The van der Waals surface area contributed by atoms with Crippen LogP contribution in [0.25, 0.3) is 0 Å². The fraction of sp³-hybridized carbons (Fsp3) is 0.706. The predicted molar refractivity (Wildman–Crippen MR) is 86.2 cm³/mol. The van der Waals surface area contributed by atoms with Gasteiger partial charge < -0.3 is 10.0 Å². The van der Waals surface area contributed by atoms with Crippen molar-refractivity contribution in [2.75, 3.05) is 26.2 Å². The standard InChI is InChI=1S/C17H24N4O3/c1-10-14(11(2)19-18-10)7-20-5-13-6-21(15(22)12-3-4-12)9-17(13,8-20)16(23)24/h12-13H,3-9H2,1-2H3,(H,18,19)(H,23,24)/t13-,17-/m0/s1. The first-order valence-electron chi connectivity index (χ1n) is 8.65. The summed E-state index contributed by atoms with van der Waals surface area (Å²) in [6.07, 6.45) is 1.93. The number of H-pyrrole nitrogens is 1. The highest BCUT2D eigenvalue weighted by Gasteiger charge is 2.59. The summed E-state index contributed by atoms with van der Waals surface area (Å²) in [6.45, 7) is 6.87. The second kappa shape index (κ2) is 5.31. The molecule has 0 bridgehead atoms. The number of carbonyl (C=O) groups is 2. The van der Waals surface area contributed by atoms with E-state index in [9.17, 15) is 14.7 Å². The summed E-state index contributed by atoms with van der Waals surface area (Å²) in [7, 11) is 0. The number of carboxylic acid groups (broad SMARTS) is 1. The number of aryl methyl sites for hydroxylation is 2. The molecule has 1 saturated carbocycles. The lowest BCUT2D eigenvalue weighted by Crippen LogP contribution is -2.42. The number of fused-ring (bicyclic) bond motifs is 1. The quantitative estimate of drug-likeness (QED) is 0.850. The Balaban J connectivity index is 1.51. The molecule has 2 N–H and O–H groups in total. The van der Waals surface area contributed by atoms with Gasteiger partial charge in [0.1, 0.15) is 5.41 Å². The van der Waals surface area contributed by atoms with E-state index in [1.165, 1.54) is 0 Å².